The molecule has 0 aliphatic carbocycles. The molecule has 2 aromatic heterocycles. The first kappa shape index (κ1) is 20.7. The number of halogens is 1. The van der Waals surface area contributed by atoms with E-state index in [-0.39, 0.29) is 17.2 Å². The molecule has 1 N–H and O–H groups in total. The molecule has 2 aromatic carbocycles. The van der Waals surface area contributed by atoms with Gasteiger partial charge in [-0.1, -0.05) is 53.7 Å². The maximum absolute atomic E-state index is 13.0. The highest BCUT2D eigenvalue weighted by Crippen LogP contribution is 2.32. The van der Waals surface area contributed by atoms with E-state index >= 15 is 0 Å². The van der Waals surface area contributed by atoms with Crippen LogP contribution < -0.4 is 10.9 Å². The van der Waals surface area contributed by atoms with Gasteiger partial charge in [0.15, 0.2) is 5.16 Å². The van der Waals surface area contributed by atoms with Crippen LogP contribution in [0.25, 0.3) is 20.7 Å². The van der Waals surface area contributed by atoms with Crippen LogP contribution in [0.2, 0.25) is 5.02 Å². The molecule has 5 nitrogen and oxygen atoms in total. The molecule has 0 radical (unpaired) electrons. The number of aromatic nitrogens is 2. The smallest absolute Gasteiger partial charge is 0.272 e. The van der Waals surface area contributed by atoms with E-state index in [1.165, 1.54) is 23.1 Å². The van der Waals surface area contributed by atoms with Crippen LogP contribution in [0.4, 0.5) is 5.69 Å². The number of amides is 1. The van der Waals surface area contributed by atoms with Crippen molar-refractivity contribution in [1.82, 2.24) is 9.55 Å². The summed E-state index contributed by atoms with van der Waals surface area (Å²) >= 11 is 8.57. The van der Waals surface area contributed by atoms with Gasteiger partial charge in [-0.05, 0) is 42.8 Å². The molecule has 152 valence electrons. The Morgan fingerprint density at radius 1 is 1.17 bits per heavy atom. The zero-order valence-electron chi connectivity index (χ0n) is 16.1. The van der Waals surface area contributed by atoms with Crippen molar-refractivity contribution in [2.75, 3.05) is 11.1 Å². The molecule has 4 rings (SSSR count). The van der Waals surface area contributed by atoms with Crippen LogP contribution >= 0.6 is 34.7 Å². The standard InChI is InChI=1S/C22H18ClN3O2S2/c1-2-26-21(28)20-17(12-18(30-20)14-6-4-3-5-7-14)25-22(26)29-13-19(27)24-16-10-8-15(23)9-11-16/h3-12H,2,13H2,1H3,(H,24,27). The molecule has 0 saturated carbocycles. The lowest BCUT2D eigenvalue weighted by atomic mass is 10.2. The summed E-state index contributed by atoms with van der Waals surface area (Å²) in [6, 6.07) is 18.8. The number of thioether (sulfide) groups is 1. The van der Waals surface area contributed by atoms with Crippen molar-refractivity contribution in [1.29, 1.82) is 0 Å². The Morgan fingerprint density at radius 3 is 2.60 bits per heavy atom. The van der Waals surface area contributed by atoms with E-state index in [0.717, 1.165) is 10.4 Å². The number of nitrogens with one attached hydrogen (secondary N) is 1. The van der Waals surface area contributed by atoms with E-state index in [2.05, 4.69) is 10.3 Å². The molecule has 30 heavy (non-hydrogen) atoms. The number of fused-ring (bicyclic) bond motifs is 1. The predicted octanol–water partition coefficient (Wildman–Crippen LogP) is 5.53. The first-order valence-corrected chi connectivity index (χ1v) is 11.5. The van der Waals surface area contributed by atoms with E-state index in [9.17, 15) is 9.59 Å². The lowest BCUT2D eigenvalue weighted by Gasteiger charge is -2.10. The number of carbonyl (C=O) groups is 1. The minimum atomic E-state index is -0.172. The monoisotopic (exact) mass is 455 g/mol. The second kappa shape index (κ2) is 9.04. The molecule has 0 aliphatic heterocycles. The SMILES string of the molecule is CCn1c(SCC(=O)Nc2ccc(Cl)cc2)nc2cc(-c3ccccc3)sc2c1=O. The summed E-state index contributed by atoms with van der Waals surface area (Å²) < 4.78 is 2.25. The van der Waals surface area contributed by atoms with Crippen LogP contribution in [0.3, 0.4) is 0 Å². The number of benzene rings is 2. The van der Waals surface area contributed by atoms with E-state index in [0.29, 0.717) is 32.6 Å². The summed E-state index contributed by atoms with van der Waals surface area (Å²) in [5.41, 5.74) is 2.32. The largest absolute Gasteiger partial charge is 0.325 e. The van der Waals surface area contributed by atoms with Gasteiger partial charge < -0.3 is 5.32 Å². The van der Waals surface area contributed by atoms with E-state index in [4.69, 9.17) is 11.6 Å². The molecule has 1 amide bonds. The van der Waals surface area contributed by atoms with Crippen LogP contribution in [0, 0.1) is 0 Å². The highest BCUT2D eigenvalue weighted by Gasteiger charge is 2.15. The predicted molar refractivity (Wildman–Crippen MR) is 126 cm³/mol. The minimum absolute atomic E-state index is 0.0738. The minimum Gasteiger partial charge on any atom is -0.325 e. The number of thiophene rings is 1. The molecule has 0 fully saturated rings. The van der Waals surface area contributed by atoms with Gasteiger partial charge in [0.25, 0.3) is 5.56 Å². The average molecular weight is 456 g/mol. The zero-order valence-corrected chi connectivity index (χ0v) is 18.5. The van der Waals surface area contributed by atoms with Crippen LogP contribution in [-0.2, 0) is 11.3 Å². The summed E-state index contributed by atoms with van der Waals surface area (Å²) in [7, 11) is 0. The molecule has 8 heteroatoms. The highest BCUT2D eigenvalue weighted by atomic mass is 35.5. The van der Waals surface area contributed by atoms with Crippen molar-refractivity contribution in [3.05, 3.63) is 76.0 Å². The van der Waals surface area contributed by atoms with E-state index in [1.54, 1.807) is 28.8 Å². The second-order valence-electron chi connectivity index (χ2n) is 6.48. The van der Waals surface area contributed by atoms with Gasteiger partial charge in [-0.25, -0.2) is 4.98 Å². The second-order valence-corrected chi connectivity index (χ2v) is 8.91. The van der Waals surface area contributed by atoms with Crippen molar-refractivity contribution in [2.24, 2.45) is 0 Å². The third-order valence-electron chi connectivity index (χ3n) is 4.43. The van der Waals surface area contributed by atoms with E-state index in [1.807, 2.05) is 43.3 Å². The fourth-order valence-corrected chi connectivity index (χ4v) is 5.02. The number of nitrogens with zero attached hydrogens (tertiary/aromatic N) is 2. The summed E-state index contributed by atoms with van der Waals surface area (Å²) in [6.07, 6.45) is 0. The fraction of sp³-hybridized carbons (Fsp3) is 0.136. The Morgan fingerprint density at radius 2 is 1.90 bits per heavy atom. The first-order valence-electron chi connectivity index (χ1n) is 9.33. The highest BCUT2D eigenvalue weighted by molar-refractivity contribution is 7.99. The molecule has 2 heterocycles. The molecule has 4 aromatic rings. The van der Waals surface area contributed by atoms with Gasteiger partial charge >= 0.3 is 0 Å². The normalized spacial score (nSPS) is 11.0. The molecule has 0 spiro atoms. The number of carbonyl (C=O) groups excluding carboxylic acids is 1. The van der Waals surface area contributed by atoms with Crippen molar-refractivity contribution in [2.45, 2.75) is 18.6 Å². The fourth-order valence-electron chi connectivity index (χ4n) is 2.98. The zero-order chi connectivity index (χ0) is 21.1. The van der Waals surface area contributed by atoms with Crippen molar-refractivity contribution in [3.63, 3.8) is 0 Å². The molecule has 0 bridgehead atoms. The van der Waals surface area contributed by atoms with Crippen LogP contribution in [0.1, 0.15) is 6.92 Å². The Hall–Kier alpha value is -2.61. The van der Waals surface area contributed by atoms with Gasteiger partial charge in [0.1, 0.15) is 4.70 Å². The maximum Gasteiger partial charge on any atom is 0.272 e. The first-order chi connectivity index (χ1) is 14.5. The van der Waals surface area contributed by atoms with Crippen molar-refractivity contribution in [3.8, 4) is 10.4 Å². The Balaban J connectivity index is 1.58. The maximum atomic E-state index is 13.0. The van der Waals surface area contributed by atoms with Crippen LogP contribution in [-0.4, -0.2) is 21.2 Å². The van der Waals surface area contributed by atoms with Crippen molar-refractivity contribution < 1.29 is 4.79 Å². The molecule has 0 saturated heterocycles. The Bertz CT molecular complexity index is 1250. The number of anilines is 1. The molecule has 0 aliphatic rings. The van der Waals surface area contributed by atoms with Gasteiger partial charge in [-0.3, -0.25) is 14.2 Å². The quantitative estimate of drug-likeness (QED) is 0.306. The third kappa shape index (κ3) is 4.43. The molecular formula is C22H18ClN3O2S2. The van der Waals surface area contributed by atoms with Gasteiger partial charge in [0.2, 0.25) is 5.91 Å². The topological polar surface area (TPSA) is 64.0 Å². The molecular weight excluding hydrogens is 438 g/mol. The lowest BCUT2D eigenvalue weighted by Crippen LogP contribution is -2.22. The van der Waals surface area contributed by atoms with Crippen LogP contribution in [0.15, 0.2) is 70.6 Å². The number of hydrogen-bond donors (Lipinski definition) is 1. The lowest BCUT2D eigenvalue weighted by molar-refractivity contribution is -0.113. The Labute approximate surface area is 186 Å². The average Bonchev–Trinajstić information content (AvgIpc) is 3.19. The summed E-state index contributed by atoms with van der Waals surface area (Å²) in [5, 5.41) is 3.97. The van der Waals surface area contributed by atoms with Crippen LogP contribution in [0.5, 0.6) is 0 Å². The summed E-state index contributed by atoms with van der Waals surface area (Å²) in [5.74, 6) is -0.0226. The summed E-state index contributed by atoms with van der Waals surface area (Å²) in [4.78, 5) is 31.0. The van der Waals surface area contributed by atoms with Crippen molar-refractivity contribution >= 4 is 56.5 Å². The molecule has 0 unspecified atom stereocenters. The van der Waals surface area contributed by atoms with Gasteiger partial charge in [-0.2, -0.15) is 0 Å². The van der Waals surface area contributed by atoms with Gasteiger partial charge in [-0.15, -0.1) is 11.3 Å². The molecule has 0 atom stereocenters. The van der Waals surface area contributed by atoms with E-state index < -0.39 is 0 Å². The van der Waals surface area contributed by atoms with Gasteiger partial charge in [0, 0.05) is 22.1 Å². The Kier molecular flexibility index (Phi) is 6.22. The van der Waals surface area contributed by atoms with Gasteiger partial charge in [0.05, 0.1) is 11.3 Å². The summed E-state index contributed by atoms with van der Waals surface area (Å²) in [6.45, 7) is 2.39. The third-order valence-corrected chi connectivity index (χ3v) is 6.82. The number of hydrogen-bond acceptors (Lipinski definition) is 5. The number of rotatable bonds is 6.